The van der Waals surface area contributed by atoms with E-state index in [-0.39, 0.29) is 11.7 Å². The Morgan fingerprint density at radius 1 is 1.32 bits per heavy atom. The molecule has 0 saturated heterocycles. The number of carbonyl (C=O) groups excluding carboxylic acids is 1. The largest absolute Gasteiger partial charge is 0.508 e. The second-order valence-electron chi connectivity index (χ2n) is 4.61. The summed E-state index contributed by atoms with van der Waals surface area (Å²) < 4.78 is 5.22. The van der Waals surface area contributed by atoms with E-state index in [0.717, 1.165) is 11.3 Å². The minimum Gasteiger partial charge on any atom is -0.508 e. The summed E-state index contributed by atoms with van der Waals surface area (Å²) in [6.45, 7) is 4.09. The maximum Gasteiger partial charge on any atom is 0.254 e. The van der Waals surface area contributed by atoms with Gasteiger partial charge >= 0.3 is 0 Å². The van der Waals surface area contributed by atoms with Gasteiger partial charge in [0.05, 0.1) is 6.26 Å². The number of hydrogen-bond acceptors (Lipinski definition) is 3. The van der Waals surface area contributed by atoms with Gasteiger partial charge in [0.25, 0.3) is 5.91 Å². The number of amides is 1. The molecule has 1 amide bonds. The number of rotatable bonds is 3. The van der Waals surface area contributed by atoms with Gasteiger partial charge in [0.2, 0.25) is 0 Å². The Morgan fingerprint density at radius 2 is 2.05 bits per heavy atom. The number of phenolic OH excluding ortho intramolecular Hbond substituents is 1. The molecule has 0 aliphatic carbocycles. The second kappa shape index (κ2) is 5.18. The summed E-state index contributed by atoms with van der Waals surface area (Å²) >= 11 is 0. The number of hydrogen-bond donors (Lipinski definition) is 1. The van der Waals surface area contributed by atoms with Gasteiger partial charge in [0.1, 0.15) is 11.5 Å². The van der Waals surface area contributed by atoms with Crippen LogP contribution >= 0.6 is 0 Å². The van der Waals surface area contributed by atoms with E-state index in [2.05, 4.69) is 0 Å². The zero-order valence-electron chi connectivity index (χ0n) is 11.3. The van der Waals surface area contributed by atoms with E-state index in [0.29, 0.717) is 17.7 Å². The molecule has 0 radical (unpaired) electrons. The number of nitrogens with zero attached hydrogens (tertiary/aromatic N) is 1. The zero-order valence-corrected chi connectivity index (χ0v) is 11.3. The molecule has 4 heteroatoms. The Kier molecular flexibility index (Phi) is 3.60. The van der Waals surface area contributed by atoms with Crippen molar-refractivity contribution in [2.45, 2.75) is 20.4 Å². The molecule has 0 fully saturated rings. The fourth-order valence-corrected chi connectivity index (χ4v) is 1.96. The average molecular weight is 259 g/mol. The van der Waals surface area contributed by atoms with Gasteiger partial charge in [0, 0.05) is 30.3 Å². The van der Waals surface area contributed by atoms with Gasteiger partial charge in [-0.3, -0.25) is 4.79 Å². The predicted molar refractivity (Wildman–Crippen MR) is 72.1 cm³/mol. The quantitative estimate of drug-likeness (QED) is 0.922. The Hall–Kier alpha value is -2.23. The lowest BCUT2D eigenvalue weighted by Crippen LogP contribution is -2.26. The van der Waals surface area contributed by atoms with E-state index in [1.54, 1.807) is 43.3 Å². The first-order chi connectivity index (χ1) is 9.00. The van der Waals surface area contributed by atoms with Crippen molar-refractivity contribution in [3.05, 3.63) is 53.0 Å². The van der Waals surface area contributed by atoms with Crippen LogP contribution in [0.25, 0.3) is 0 Å². The van der Waals surface area contributed by atoms with Crippen molar-refractivity contribution < 1.29 is 14.3 Å². The first kappa shape index (κ1) is 13.2. The normalized spacial score (nSPS) is 10.5. The average Bonchev–Trinajstić information content (AvgIpc) is 2.77. The first-order valence-electron chi connectivity index (χ1n) is 6.07. The van der Waals surface area contributed by atoms with E-state index in [1.165, 1.54) is 0 Å². The van der Waals surface area contributed by atoms with E-state index in [4.69, 9.17) is 4.42 Å². The molecule has 1 aromatic heterocycles. The van der Waals surface area contributed by atoms with Gasteiger partial charge in [-0.1, -0.05) is 6.07 Å². The molecule has 100 valence electrons. The Morgan fingerprint density at radius 3 is 2.68 bits per heavy atom. The lowest BCUT2D eigenvalue weighted by molar-refractivity contribution is 0.0783. The van der Waals surface area contributed by atoms with Crippen LogP contribution in [0.15, 0.2) is 34.9 Å². The molecule has 1 heterocycles. The predicted octanol–water partition coefficient (Wildman–Crippen LogP) is 2.87. The summed E-state index contributed by atoms with van der Waals surface area (Å²) in [6.07, 6.45) is 1.61. The monoisotopic (exact) mass is 259 g/mol. The smallest absolute Gasteiger partial charge is 0.254 e. The highest BCUT2D eigenvalue weighted by Crippen LogP contribution is 2.21. The Bertz CT molecular complexity index is 601. The standard InChI is InChI=1S/C15H17NO3/c1-10-13(5-4-6-14(10)17)15(18)16(3)9-12-7-8-19-11(12)2/h4-8,17H,9H2,1-3H3. The maximum absolute atomic E-state index is 12.3. The van der Waals surface area contributed by atoms with Crippen molar-refractivity contribution in [1.29, 1.82) is 0 Å². The van der Waals surface area contributed by atoms with Crippen LogP contribution in [-0.4, -0.2) is 23.0 Å². The van der Waals surface area contributed by atoms with Crippen LogP contribution in [0.3, 0.4) is 0 Å². The molecule has 19 heavy (non-hydrogen) atoms. The second-order valence-corrected chi connectivity index (χ2v) is 4.61. The topological polar surface area (TPSA) is 53.7 Å². The maximum atomic E-state index is 12.3. The molecule has 0 spiro atoms. The lowest BCUT2D eigenvalue weighted by atomic mass is 10.1. The van der Waals surface area contributed by atoms with Crippen LogP contribution in [-0.2, 0) is 6.54 Å². The molecule has 0 bridgehead atoms. The fraction of sp³-hybridized carbons (Fsp3) is 0.267. The van der Waals surface area contributed by atoms with Gasteiger partial charge in [-0.15, -0.1) is 0 Å². The molecule has 0 aliphatic heterocycles. The van der Waals surface area contributed by atoms with E-state index >= 15 is 0 Å². The molecule has 0 unspecified atom stereocenters. The molecular weight excluding hydrogens is 242 g/mol. The number of aryl methyl sites for hydroxylation is 1. The van der Waals surface area contributed by atoms with Crippen molar-refractivity contribution in [2.75, 3.05) is 7.05 Å². The van der Waals surface area contributed by atoms with E-state index in [1.807, 2.05) is 13.0 Å². The van der Waals surface area contributed by atoms with Crippen molar-refractivity contribution in [1.82, 2.24) is 4.90 Å². The van der Waals surface area contributed by atoms with Crippen molar-refractivity contribution in [3.63, 3.8) is 0 Å². The third kappa shape index (κ3) is 2.62. The minimum absolute atomic E-state index is 0.117. The van der Waals surface area contributed by atoms with Gasteiger partial charge in [0.15, 0.2) is 0 Å². The van der Waals surface area contributed by atoms with Crippen LogP contribution in [0.1, 0.15) is 27.2 Å². The number of furan rings is 1. The molecule has 4 nitrogen and oxygen atoms in total. The number of carbonyl (C=O) groups is 1. The molecule has 1 N–H and O–H groups in total. The Balaban J connectivity index is 2.20. The SMILES string of the molecule is Cc1occc1CN(C)C(=O)c1cccc(O)c1C. The summed E-state index contributed by atoms with van der Waals surface area (Å²) in [6, 6.07) is 6.82. The van der Waals surface area contributed by atoms with Crippen molar-refractivity contribution >= 4 is 5.91 Å². The van der Waals surface area contributed by atoms with Gasteiger partial charge in [-0.2, -0.15) is 0 Å². The van der Waals surface area contributed by atoms with Crippen LogP contribution in [0.2, 0.25) is 0 Å². The highest BCUT2D eigenvalue weighted by molar-refractivity contribution is 5.96. The molecule has 0 aliphatic rings. The van der Waals surface area contributed by atoms with Gasteiger partial charge in [-0.05, 0) is 32.0 Å². The van der Waals surface area contributed by atoms with Gasteiger partial charge in [-0.25, -0.2) is 0 Å². The zero-order chi connectivity index (χ0) is 14.0. The number of phenols is 1. The number of aromatic hydroxyl groups is 1. The van der Waals surface area contributed by atoms with Crippen LogP contribution in [0.4, 0.5) is 0 Å². The minimum atomic E-state index is -0.117. The highest BCUT2D eigenvalue weighted by Gasteiger charge is 2.17. The van der Waals surface area contributed by atoms with Crippen molar-refractivity contribution in [2.24, 2.45) is 0 Å². The molecule has 0 saturated carbocycles. The first-order valence-corrected chi connectivity index (χ1v) is 6.07. The highest BCUT2D eigenvalue weighted by atomic mass is 16.3. The van der Waals surface area contributed by atoms with Crippen LogP contribution in [0, 0.1) is 13.8 Å². The molecular formula is C15H17NO3. The van der Waals surface area contributed by atoms with Crippen LogP contribution < -0.4 is 0 Å². The Labute approximate surface area is 112 Å². The summed E-state index contributed by atoms with van der Waals surface area (Å²) in [5.41, 5.74) is 2.10. The molecule has 2 rings (SSSR count). The summed E-state index contributed by atoms with van der Waals surface area (Å²) in [4.78, 5) is 14.0. The fourth-order valence-electron chi connectivity index (χ4n) is 1.96. The summed E-state index contributed by atoms with van der Waals surface area (Å²) in [7, 11) is 1.73. The summed E-state index contributed by atoms with van der Waals surface area (Å²) in [5.74, 6) is 0.833. The van der Waals surface area contributed by atoms with Crippen molar-refractivity contribution in [3.8, 4) is 5.75 Å². The third-order valence-electron chi connectivity index (χ3n) is 3.26. The van der Waals surface area contributed by atoms with Crippen LogP contribution in [0.5, 0.6) is 5.75 Å². The van der Waals surface area contributed by atoms with E-state index in [9.17, 15) is 9.90 Å². The van der Waals surface area contributed by atoms with E-state index < -0.39 is 0 Å². The molecule has 2 aromatic rings. The number of benzene rings is 1. The third-order valence-corrected chi connectivity index (χ3v) is 3.26. The summed E-state index contributed by atoms with van der Waals surface area (Å²) in [5, 5.41) is 9.65. The molecule has 0 atom stereocenters. The lowest BCUT2D eigenvalue weighted by Gasteiger charge is -2.18. The molecule has 1 aromatic carbocycles. The van der Waals surface area contributed by atoms with Gasteiger partial charge < -0.3 is 14.4 Å².